The summed E-state index contributed by atoms with van der Waals surface area (Å²) in [6.07, 6.45) is 0. The van der Waals surface area contributed by atoms with Crippen molar-refractivity contribution in [3.05, 3.63) is 99.2 Å². The molecule has 0 spiro atoms. The average molecular weight is 478 g/mol. The lowest BCUT2D eigenvalue weighted by Gasteiger charge is -2.23. The maximum atomic E-state index is 13.5. The number of furan rings is 1. The number of fused-ring (bicyclic) bond motifs is 1. The number of halogens is 1. The van der Waals surface area contributed by atoms with Crippen molar-refractivity contribution >= 4 is 44.5 Å². The van der Waals surface area contributed by atoms with Crippen molar-refractivity contribution < 1.29 is 19.1 Å². The van der Waals surface area contributed by atoms with E-state index in [9.17, 15) is 14.7 Å². The minimum Gasteiger partial charge on any atom is -0.475 e. The number of aryl methyl sites for hydroxylation is 2. The van der Waals surface area contributed by atoms with Gasteiger partial charge in [0, 0.05) is 26.7 Å². The highest BCUT2D eigenvalue weighted by atomic mass is 79.9. The molecule has 0 unspecified atom stereocenters. The van der Waals surface area contributed by atoms with Crippen LogP contribution >= 0.6 is 15.9 Å². The Morgan fingerprint density at radius 3 is 2.29 bits per heavy atom. The molecule has 5 nitrogen and oxygen atoms in total. The Morgan fingerprint density at radius 2 is 1.65 bits per heavy atom. The first-order valence-corrected chi connectivity index (χ1v) is 10.5. The fraction of sp³-hybridized carbons (Fsp3) is 0.120. The molecule has 1 N–H and O–H groups in total. The molecule has 0 saturated carbocycles. The molecule has 0 aliphatic heterocycles. The number of benzene rings is 3. The predicted octanol–water partition coefficient (Wildman–Crippen LogP) is 6.36. The fourth-order valence-electron chi connectivity index (χ4n) is 3.49. The van der Waals surface area contributed by atoms with Crippen LogP contribution in [0.3, 0.4) is 0 Å². The van der Waals surface area contributed by atoms with E-state index in [0.29, 0.717) is 34.3 Å². The molecular weight excluding hydrogens is 458 g/mol. The molecule has 3 aromatic carbocycles. The number of nitrogens with zero attached hydrogens (tertiary/aromatic N) is 1. The lowest BCUT2D eigenvalue weighted by molar-refractivity contribution is 0.0663. The van der Waals surface area contributed by atoms with Gasteiger partial charge in [-0.1, -0.05) is 45.8 Å². The van der Waals surface area contributed by atoms with Crippen molar-refractivity contribution in [3.63, 3.8) is 0 Å². The summed E-state index contributed by atoms with van der Waals surface area (Å²) in [5.74, 6) is -1.34. The van der Waals surface area contributed by atoms with Crippen LogP contribution in [0.4, 0.5) is 5.69 Å². The number of rotatable bonds is 5. The second kappa shape index (κ2) is 8.40. The number of anilines is 1. The number of amides is 1. The van der Waals surface area contributed by atoms with E-state index >= 15 is 0 Å². The molecule has 0 aliphatic carbocycles. The van der Waals surface area contributed by atoms with Gasteiger partial charge in [-0.25, -0.2) is 4.79 Å². The van der Waals surface area contributed by atoms with Crippen LogP contribution < -0.4 is 4.90 Å². The first kappa shape index (κ1) is 20.9. The van der Waals surface area contributed by atoms with Crippen LogP contribution in [-0.2, 0) is 6.54 Å². The minimum atomic E-state index is -1.11. The summed E-state index contributed by atoms with van der Waals surface area (Å²) in [5, 5.41) is 10.0. The Kier molecular flexibility index (Phi) is 5.65. The van der Waals surface area contributed by atoms with Crippen LogP contribution in [0.1, 0.15) is 37.6 Å². The Balaban J connectivity index is 1.80. The highest BCUT2D eigenvalue weighted by Crippen LogP contribution is 2.31. The highest BCUT2D eigenvalue weighted by Gasteiger charge is 2.22. The fourth-order valence-corrected chi connectivity index (χ4v) is 3.75. The van der Waals surface area contributed by atoms with E-state index in [1.807, 2.05) is 61.5 Å². The largest absolute Gasteiger partial charge is 0.475 e. The van der Waals surface area contributed by atoms with Gasteiger partial charge < -0.3 is 14.4 Å². The van der Waals surface area contributed by atoms with E-state index in [1.165, 1.54) is 0 Å². The van der Waals surface area contributed by atoms with Crippen LogP contribution in [0.5, 0.6) is 0 Å². The van der Waals surface area contributed by atoms with Gasteiger partial charge in [-0.2, -0.15) is 0 Å². The Hall–Kier alpha value is -3.38. The molecule has 4 aromatic rings. The quantitative estimate of drug-likeness (QED) is 0.363. The Labute approximate surface area is 188 Å². The van der Waals surface area contributed by atoms with Crippen LogP contribution in [-0.4, -0.2) is 17.0 Å². The molecule has 1 aromatic heterocycles. The summed E-state index contributed by atoms with van der Waals surface area (Å²) in [7, 11) is 0. The standard InChI is InChI=1S/C25H20BrNO4/c1-15-3-7-18(8-4-15)24(28)27(14-17-5-9-19(26)10-6-17)20-11-12-22-21(13-20)16(2)23(31-22)25(29)30/h3-13H,14H2,1-2H3,(H,29,30). The van der Waals surface area contributed by atoms with E-state index in [4.69, 9.17) is 4.42 Å². The Morgan fingerprint density at radius 1 is 0.968 bits per heavy atom. The highest BCUT2D eigenvalue weighted by molar-refractivity contribution is 9.10. The zero-order valence-corrected chi connectivity index (χ0v) is 18.6. The SMILES string of the molecule is Cc1ccc(C(=O)N(Cc2ccc(Br)cc2)c2ccc3oc(C(=O)O)c(C)c3c2)cc1. The number of hydrogen-bond acceptors (Lipinski definition) is 3. The molecule has 156 valence electrons. The molecule has 31 heavy (non-hydrogen) atoms. The number of carbonyl (C=O) groups excluding carboxylic acids is 1. The van der Waals surface area contributed by atoms with Crippen LogP contribution in [0.2, 0.25) is 0 Å². The van der Waals surface area contributed by atoms with Gasteiger partial charge in [0.15, 0.2) is 0 Å². The van der Waals surface area contributed by atoms with E-state index < -0.39 is 5.97 Å². The predicted molar refractivity (Wildman–Crippen MR) is 124 cm³/mol. The zero-order valence-electron chi connectivity index (χ0n) is 17.1. The third-order valence-corrected chi connectivity index (χ3v) is 5.75. The van der Waals surface area contributed by atoms with Gasteiger partial charge in [0.05, 0.1) is 6.54 Å². The monoisotopic (exact) mass is 477 g/mol. The number of carboxylic acids is 1. The van der Waals surface area contributed by atoms with E-state index in [2.05, 4.69) is 15.9 Å². The van der Waals surface area contributed by atoms with Crippen molar-refractivity contribution in [2.24, 2.45) is 0 Å². The molecule has 0 aliphatic rings. The van der Waals surface area contributed by atoms with Crippen molar-refractivity contribution in [2.75, 3.05) is 4.90 Å². The number of aromatic carboxylic acids is 1. The van der Waals surface area contributed by atoms with Gasteiger partial charge in [-0.15, -0.1) is 0 Å². The number of carboxylic acid groups (broad SMARTS) is 1. The lowest BCUT2D eigenvalue weighted by atomic mass is 10.1. The van der Waals surface area contributed by atoms with Gasteiger partial charge in [0.1, 0.15) is 5.58 Å². The summed E-state index contributed by atoms with van der Waals surface area (Å²) in [4.78, 5) is 26.6. The minimum absolute atomic E-state index is 0.0866. The van der Waals surface area contributed by atoms with E-state index in [-0.39, 0.29) is 11.7 Å². The smallest absolute Gasteiger partial charge is 0.372 e. The van der Waals surface area contributed by atoms with Gasteiger partial charge in [0.25, 0.3) is 5.91 Å². The molecule has 0 bridgehead atoms. The van der Waals surface area contributed by atoms with Gasteiger partial charge in [0.2, 0.25) is 5.76 Å². The van der Waals surface area contributed by atoms with E-state index in [1.54, 1.807) is 24.0 Å². The lowest BCUT2D eigenvalue weighted by Crippen LogP contribution is -2.30. The molecule has 0 radical (unpaired) electrons. The second-order valence-corrected chi connectivity index (χ2v) is 8.34. The van der Waals surface area contributed by atoms with Gasteiger partial charge in [-0.05, 0) is 61.9 Å². The van der Waals surface area contributed by atoms with Crippen LogP contribution in [0.25, 0.3) is 11.0 Å². The molecule has 0 fully saturated rings. The van der Waals surface area contributed by atoms with Crippen molar-refractivity contribution in [1.82, 2.24) is 0 Å². The molecule has 4 rings (SSSR count). The molecular formula is C25H20BrNO4. The summed E-state index contributed by atoms with van der Waals surface area (Å²) in [6, 6.07) is 20.6. The van der Waals surface area contributed by atoms with Crippen molar-refractivity contribution in [2.45, 2.75) is 20.4 Å². The number of hydrogen-bond donors (Lipinski definition) is 1. The molecule has 1 heterocycles. The first-order valence-electron chi connectivity index (χ1n) is 9.73. The van der Waals surface area contributed by atoms with Crippen LogP contribution in [0, 0.1) is 13.8 Å². The first-order chi connectivity index (χ1) is 14.8. The molecule has 0 saturated heterocycles. The summed E-state index contributed by atoms with van der Waals surface area (Å²) >= 11 is 3.44. The summed E-state index contributed by atoms with van der Waals surface area (Å²) in [5.41, 5.74) is 4.31. The van der Waals surface area contributed by atoms with E-state index in [0.717, 1.165) is 15.6 Å². The third-order valence-electron chi connectivity index (χ3n) is 5.22. The van der Waals surface area contributed by atoms with Gasteiger partial charge >= 0.3 is 5.97 Å². The normalized spacial score (nSPS) is 10.9. The average Bonchev–Trinajstić information content (AvgIpc) is 3.10. The Bertz CT molecular complexity index is 1270. The molecule has 0 atom stereocenters. The maximum Gasteiger partial charge on any atom is 0.372 e. The second-order valence-electron chi connectivity index (χ2n) is 7.43. The van der Waals surface area contributed by atoms with Crippen molar-refractivity contribution in [1.29, 1.82) is 0 Å². The molecule has 1 amide bonds. The van der Waals surface area contributed by atoms with Crippen LogP contribution in [0.15, 0.2) is 75.6 Å². The summed E-state index contributed by atoms with van der Waals surface area (Å²) < 4.78 is 6.44. The number of carbonyl (C=O) groups is 2. The van der Waals surface area contributed by atoms with Gasteiger partial charge in [-0.3, -0.25) is 4.79 Å². The zero-order chi connectivity index (χ0) is 22.1. The topological polar surface area (TPSA) is 70.8 Å². The molecule has 6 heteroatoms. The third kappa shape index (κ3) is 4.25. The summed E-state index contributed by atoms with van der Waals surface area (Å²) in [6.45, 7) is 4.05. The maximum absolute atomic E-state index is 13.5. The van der Waals surface area contributed by atoms with Crippen molar-refractivity contribution in [3.8, 4) is 0 Å².